The number of rotatable bonds is 4. The van der Waals surface area contributed by atoms with E-state index in [1.165, 1.54) is 0 Å². The molecule has 0 saturated heterocycles. The number of furan rings is 1. The molecule has 20 heavy (non-hydrogen) atoms. The normalized spacial score (nSPS) is 16.1. The van der Waals surface area contributed by atoms with Crippen LogP contribution in [0.3, 0.4) is 0 Å². The summed E-state index contributed by atoms with van der Waals surface area (Å²) in [6, 6.07) is 1.80. The highest BCUT2D eigenvalue weighted by molar-refractivity contribution is 5.90. The van der Waals surface area contributed by atoms with Crippen LogP contribution in [0.2, 0.25) is 0 Å². The lowest BCUT2D eigenvalue weighted by molar-refractivity contribution is 0.0929. The minimum Gasteiger partial charge on any atom is -0.466 e. The third-order valence-corrected chi connectivity index (χ3v) is 3.56. The van der Waals surface area contributed by atoms with Crippen molar-refractivity contribution in [1.82, 2.24) is 20.5 Å². The van der Waals surface area contributed by atoms with Crippen LogP contribution in [0, 0.1) is 13.8 Å². The molecule has 3 rings (SSSR count). The number of H-pyrrole nitrogens is 1. The number of aromatic nitrogens is 3. The maximum atomic E-state index is 12.1. The van der Waals surface area contributed by atoms with Crippen LogP contribution >= 0.6 is 0 Å². The van der Waals surface area contributed by atoms with E-state index in [4.69, 9.17) is 4.42 Å². The van der Waals surface area contributed by atoms with Crippen LogP contribution in [0.1, 0.15) is 65.3 Å². The van der Waals surface area contributed by atoms with Crippen LogP contribution in [0.5, 0.6) is 0 Å². The van der Waals surface area contributed by atoms with Gasteiger partial charge in [0.05, 0.1) is 6.04 Å². The second kappa shape index (κ2) is 4.77. The number of carbonyl (C=O) groups excluding carboxylic acids is 1. The zero-order valence-corrected chi connectivity index (χ0v) is 11.9. The van der Waals surface area contributed by atoms with Gasteiger partial charge >= 0.3 is 0 Å². The highest BCUT2D eigenvalue weighted by Crippen LogP contribution is 2.37. The second-order valence-electron chi connectivity index (χ2n) is 5.38. The second-order valence-corrected chi connectivity index (χ2v) is 5.38. The number of hydrogen-bond acceptors (Lipinski definition) is 4. The molecule has 106 valence electrons. The molecule has 6 heteroatoms. The number of amides is 1. The van der Waals surface area contributed by atoms with Crippen molar-refractivity contribution in [2.75, 3.05) is 0 Å². The Kier molecular flexibility index (Phi) is 3.08. The van der Waals surface area contributed by atoms with Crippen LogP contribution in [-0.4, -0.2) is 21.1 Å². The third kappa shape index (κ3) is 2.45. The van der Waals surface area contributed by atoms with E-state index in [0.717, 1.165) is 35.7 Å². The standard InChI is InChI=1S/C14H18N4O2/c1-7-6-11(9(3)20-7)8(2)15-14(19)13-16-12(17-18-13)10-4-5-10/h6,8,10H,4-5H2,1-3H3,(H,15,19)(H,16,17,18). The van der Waals surface area contributed by atoms with Gasteiger partial charge in [0.25, 0.3) is 5.91 Å². The van der Waals surface area contributed by atoms with E-state index in [1.54, 1.807) is 0 Å². The summed E-state index contributed by atoms with van der Waals surface area (Å²) in [4.78, 5) is 16.4. The first-order chi connectivity index (χ1) is 9.54. The maximum Gasteiger partial charge on any atom is 0.291 e. The van der Waals surface area contributed by atoms with Crippen LogP contribution in [0.15, 0.2) is 10.5 Å². The molecule has 1 atom stereocenters. The monoisotopic (exact) mass is 274 g/mol. The molecule has 0 bridgehead atoms. The molecular formula is C14H18N4O2. The highest BCUT2D eigenvalue weighted by atomic mass is 16.3. The molecule has 1 saturated carbocycles. The quantitative estimate of drug-likeness (QED) is 0.896. The van der Waals surface area contributed by atoms with Crippen LogP contribution < -0.4 is 5.32 Å². The number of hydrogen-bond donors (Lipinski definition) is 2. The summed E-state index contributed by atoms with van der Waals surface area (Å²) in [7, 11) is 0. The summed E-state index contributed by atoms with van der Waals surface area (Å²) < 4.78 is 5.48. The van der Waals surface area contributed by atoms with Crippen molar-refractivity contribution < 1.29 is 9.21 Å². The topological polar surface area (TPSA) is 83.8 Å². The Balaban J connectivity index is 1.69. The molecule has 6 nitrogen and oxygen atoms in total. The zero-order valence-electron chi connectivity index (χ0n) is 11.9. The van der Waals surface area contributed by atoms with Crippen molar-refractivity contribution in [3.8, 4) is 0 Å². The van der Waals surface area contributed by atoms with Crippen LogP contribution in [-0.2, 0) is 0 Å². The predicted octanol–water partition coefficient (Wildman–Crippen LogP) is 2.38. The van der Waals surface area contributed by atoms with Gasteiger partial charge in [-0.05, 0) is 39.7 Å². The van der Waals surface area contributed by atoms with Crippen molar-refractivity contribution in [3.63, 3.8) is 0 Å². The Morgan fingerprint density at radius 3 is 2.85 bits per heavy atom. The van der Waals surface area contributed by atoms with Crippen LogP contribution in [0.4, 0.5) is 0 Å². The number of nitrogens with one attached hydrogen (secondary N) is 2. The van der Waals surface area contributed by atoms with Gasteiger partial charge in [-0.15, -0.1) is 5.10 Å². The maximum absolute atomic E-state index is 12.1. The molecule has 0 aromatic carbocycles. The molecule has 0 spiro atoms. The van der Waals surface area contributed by atoms with E-state index in [9.17, 15) is 4.79 Å². The molecule has 1 unspecified atom stereocenters. The Bertz CT molecular complexity index is 639. The van der Waals surface area contributed by atoms with Crippen molar-refractivity contribution >= 4 is 5.91 Å². The lowest BCUT2D eigenvalue weighted by Crippen LogP contribution is -2.27. The molecule has 1 aliphatic carbocycles. The average Bonchev–Trinajstić information content (AvgIpc) is 3.02. The fourth-order valence-corrected chi connectivity index (χ4v) is 2.33. The summed E-state index contributed by atoms with van der Waals surface area (Å²) in [6.45, 7) is 5.70. The van der Waals surface area contributed by atoms with Crippen molar-refractivity contribution in [2.24, 2.45) is 0 Å². The van der Waals surface area contributed by atoms with E-state index < -0.39 is 0 Å². The van der Waals surface area contributed by atoms with Gasteiger partial charge in [-0.2, -0.15) is 0 Å². The van der Waals surface area contributed by atoms with Crippen molar-refractivity contribution in [1.29, 1.82) is 0 Å². The first-order valence-corrected chi connectivity index (χ1v) is 6.84. The summed E-state index contributed by atoms with van der Waals surface area (Å²) in [5, 5.41) is 9.71. The van der Waals surface area contributed by atoms with E-state index >= 15 is 0 Å². The molecule has 1 fully saturated rings. The Morgan fingerprint density at radius 2 is 2.25 bits per heavy atom. The predicted molar refractivity (Wildman–Crippen MR) is 72.4 cm³/mol. The molecule has 1 aliphatic rings. The summed E-state index contributed by atoms with van der Waals surface area (Å²) >= 11 is 0. The average molecular weight is 274 g/mol. The number of aromatic amines is 1. The molecule has 2 N–H and O–H groups in total. The number of nitrogens with zero attached hydrogens (tertiary/aromatic N) is 2. The van der Waals surface area contributed by atoms with Gasteiger partial charge in [-0.1, -0.05) is 0 Å². The van der Waals surface area contributed by atoms with Crippen molar-refractivity contribution in [3.05, 3.63) is 34.8 Å². The largest absolute Gasteiger partial charge is 0.466 e. The minimum atomic E-state index is -0.265. The van der Waals surface area contributed by atoms with Gasteiger partial charge in [-0.25, -0.2) is 4.98 Å². The summed E-state index contributed by atoms with van der Waals surface area (Å²) in [6.07, 6.45) is 2.25. The van der Waals surface area contributed by atoms with Gasteiger partial charge < -0.3 is 9.73 Å². The van der Waals surface area contributed by atoms with Gasteiger partial charge in [-0.3, -0.25) is 9.89 Å². The first kappa shape index (κ1) is 12.9. The van der Waals surface area contributed by atoms with E-state index in [1.807, 2.05) is 26.8 Å². The van der Waals surface area contributed by atoms with Gasteiger partial charge in [0.2, 0.25) is 5.82 Å². The lowest BCUT2D eigenvalue weighted by Gasteiger charge is -2.11. The van der Waals surface area contributed by atoms with Crippen LogP contribution in [0.25, 0.3) is 0 Å². The molecule has 0 radical (unpaired) electrons. The number of carbonyl (C=O) groups is 1. The van der Waals surface area contributed by atoms with E-state index in [2.05, 4.69) is 20.5 Å². The summed E-state index contributed by atoms with van der Waals surface area (Å²) in [5.74, 6) is 2.88. The SMILES string of the molecule is Cc1cc(C(C)NC(=O)c2n[nH]c(C3CC3)n2)c(C)o1. The fourth-order valence-electron chi connectivity index (χ4n) is 2.33. The molecule has 1 amide bonds. The van der Waals surface area contributed by atoms with Gasteiger partial charge in [0.15, 0.2) is 0 Å². The van der Waals surface area contributed by atoms with E-state index in [-0.39, 0.29) is 17.8 Å². The first-order valence-electron chi connectivity index (χ1n) is 6.84. The minimum absolute atomic E-state index is 0.136. The Hall–Kier alpha value is -2.11. The molecular weight excluding hydrogens is 256 g/mol. The zero-order chi connectivity index (χ0) is 14.3. The highest BCUT2D eigenvalue weighted by Gasteiger charge is 2.28. The fraction of sp³-hybridized carbons (Fsp3) is 0.500. The van der Waals surface area contributed by atoms with Gasteiger partial charge in [0, 0.05) is 11.5 Å². The molecule has 2 heterocycles. The van der Waals surface area contributed by atoms with Gasteiger partial charge in [0.1, 0.15) is 17.3 Å². The third-order valence-electron chi connectivity index (χ3n) is 3.56. The van der Waals surface area contributed by atoms with Crippen molar-refractivity contribution in [2.45, 2.75) is 45.6 Å². The Labute approximate surface area is 117 Å². The van der Waals surface area contributed by atoms with E-state index in [0.29, 0.717) is 5.92 Å². The molecule has 0 aliphatic heterocycles. The molecule has 2 aromatic rings. The Morgan fingerprint density at radius 1 is 1.50 bits per heavy atom. The smallest absolute Gasteiger partial charge is 0.291 e. The lowest BCUT2D eigenvalue weighted by atomic mass is 10.1. The molecule has 2 aromatic heterocycles. The number of aryl methyl sites for hydroxylation is 2. The summed E-state index contributed by atoms with van der Waals surface area (Å²) in [5.41, 5.74) is 0.980.